The summed E-state index contributed by atoms with van der Waals surface area (Å²) >= 11 is 0. The van der Waals surface area contributed by atoms with E-state index in [1.807, 2.05) is 19.1 Å². The van der Waals surface area contributed by atoms with Crippen molar-refractivity contribution in [2.24, 2.45) is 0 Å². The number of amides is 2. The van der Waals surface area contributed by atoms with Crippen LogP contribution in [-0.2, 0) is 9.59 Å². The van der Waals surface area contributed by atoms with E-state index in [0.717, 1.165) is 5.56 Å². The molecule has 0 saturated carbocycles. The van der Waals surface area contributed by atoms with E-state index >= 15 is 0 Å². The number of aliphatic hydroxyl groups is 1. The molecule has 0 saturated heterocycles. The molecule has 104 valence electrons. The number of aryl methyl sites for hydroxylation is 1. The van der Waals surface area contributed by atoms with Gasteiger partial charge in [-0.1, -0.05) is 17.7 Å². The second kappa shape index (κ2) is 7.53. The zero-order valence-corrected chi connectivity index (χ0v) is 11.3. The summed E-state index contributed by atoms with van der Waals surface area (Å²) in [5, 5.41) is 14.1. The third kappa shape index (κ3) is 6.01. The van der Waals surface area contributed by atoms with E-state index in [4.69, 9.17) is 5.11 Å². The van der Waals surface area contributed by atoms with Gasteiger partial charge in [0.1, 0.15) is 0 Å². The van der Waals surface area contributed by atoms with Crippen LogP contribution >= 0.6 is 0 Å². The van der Waals surface area contributed by atoms with Crippen molar-refractivity contribution < 1.29 is 14.7 Å². The largest absolute Gasteiger partial charge is 0.393 e. The van der Waals surface area contributed by atoms with Gasteiger partial charge in [0.05, 0.1) is 6.10 Å². The van der Waals surface area contributed by atoms with Gasteiger partial charge in [-0.2, -0.15) is 0 Å². The lowest BCUT2D eigenvalue weighted by atomic mass is 10.2. The number of carbonyl (C=O) groups is 2. The normalized spacial score (nSPS) is 11.7. The lowest BCUT2D eigenvalue weighted by Gasteiger charge is -2.07. The summed E-state index contributed by atoms with van der Waals surface area (Å²) in [6.45, 7) is 4.01. The Balaban J connectivity index is 2.32. The van der Waals surface area contributed by atoms with Crippen LogP contribution in [0.25, 0.3) is 0 Å². The molecular formula is C14H20N2O3. The molecule has 1 rings (SSSR count). The quantitative estimate of drug-likeness (QED) is 0.552. The maximum Gasteiger partial charge on any atom is 0.313 e. The predicted molar refractivity (Wildman–Crippen MR) is 73.7 cm³/mol. The van der Waals surface area contributed by atoms with Crippen LogP contribution in [0.4, 0.5) is 5.69 Å². The van der Waals surface area contributed by atoms with Crippen molar-refractivity contribution in [2.45, 2.75) is 32.8 Å². The van der Waals surface area contributed by atoms with E-state index in [1.54, 1.807) is 19.1 Å². The highest BCUT2D eigenvalue weighted by Crippen LogP contribution is 2.08. The van der Waals surface area contributed by atoms with Crippen molar-refractivity contribution in [3.63, 3.8) is 0 Å². The van der Waals surface area contributed by atoms with Crippen molar-refractivity contribution in [3.05, 3.63) is 29.8 Å². The molecule has 5 heteroatoms. The van der Waals surface area contributed by atoms with Gasteiger partial charge >= 0.3 is 11.8 Å². The van der Waals surface area contributed by atoms with E-state index in [1.165, 1.54) is 0 Å². The molecule has 0 aliphatic carbocycles. The molecule has 5 nitrogen and oxygen atoms in total. The Morgan fingerprint density at radius 2 is 1.84 bits per heavy atom. The fourth-order valence-electron chi connectivity index (χ4n) is 1.50. The maximum absolute atomic E-state index is 11.6. The van der Waals surface area contributed by atoms with E-state index < -0.39 is 17.9 Å². The Bertz CT molecular complexity index is 427. The first-order valence-corrected chi connectivity index (χ1v) is 6.33. The molecule has 0 spiro atoms. The molecule has 0 heterocycles. The van der Waals surface area contributed by atoms with Crippen LogP contribution < -0.4 is 10.6 Å². The minimum atomic E-state index is -0.680. The van der Waals surface area contributed by atoms with Gasteiger partial charge in [-0.3, -0.25) is 9.59 Å². The second-order valence-electron chi connectivity index (χ2n) is 4.57. The summed E-state index contributed by atoms with van der Waals surface area (Å²) < 4.78 is 0. The molecule has 1 unspecified atom stereocenters. The molecule has 0 fully saturated rings. The molecular weight excluding hydrogens is 244 g/mol. The van der Waals surface area contributed by atoms with Gasteiger partial charge in [-0.25, -0.2) is 0 Å². The average molecular weight is 264 g/mol. The fraction of sp³-hybridized carbons (Fsp3) is 0.429. The van der Waals surface area contributed by atoms with Crippen LogP contribution in [0.3, 0.4) is 0 Å². The lowest BCUT2D eigenvalue weighted by molar-refractivity contribution is -0.136. The molecule has 0 radical (unpaired) electrons. The van der Waals surface area contributed by atoms with Crippen molar-refractivity contribution in [2.75, 3.05) is 11.9 Å². The van der Waals surface area contributed by atoms with Crippen LogP contribution in [0.1, 0.15) is 25.3 Å². The first-order valence-electron chi connectivity index (χ1n) is 6.33. The van der Waals surface area contributed by atoms with Crippen LogP contribution in [0.5, 0.6) is 0 Å². The summed E-state index contributed by atoms with van der Waals surface area (Å²) in [6.07, 6.45) is 0.847. The zero-order valence-electron chi connectivity index (χ0n) is 11.3. The van der Waals surface area contributed by atoms with Crippen molar-refractivity contribution >= 4 is 17.5 Å². The number of benzene rings is 1. The molecule has 3 N–H and O–H groups in total. The van der Waals surface area contributed by atoms with Gasteiger partial charge in [0.15, 0.2) is 0 Å². The minimum absolute atomic E-state index is 0.380. The highest BCUT2D eigenvalue weighted by molar-refractivity contribution is 6.39. The van der Waals surface area contributed by atoms with E-state index in [0.29, 0.717) is 25.1 Å². The van der Waals surface area contributed by atoms with Crippen LogP contribution in [0, 0.1) is 6.92 Å². The number of nitrogens with one attached hydrogen (secondary N) is 2. The summed E-state index contributed by atoms with van der Waals surface area (Å²) in [5.74, 6) is -1.34. The average Bonchev–Trinajstić information content (AvgIpc) is 2.36. The number of carbonyl (C=O) groups excluding carboxylic acids is 2. The van der Waals surface area contributed by atoms with Crippen LogP contribution in [-0.4, -0.2) is 29.6 Å². The summed E-state index contributed by atoms with van der Waals surface area (Å²) in [4.78, 5) is 23.0. The topological polar surface area (TPSA) is 78.4 Å². The lowest BCUT2D eigenvalue weighted by Crippen LogP contribution is -2.36. The fourth-order valence-corrected chi connectivity index (χ4v) is 1.50. The molecule has 0 bridgehead atoms. The van der Waals surface area contributed by atoms with Gasteiger partial charge in [-0.15, -0.1) is 0 Å². The third-order valence-corrected chi connectivity index (χ3v) is 2.60. The van der Waals surface area contributed by atoms with Crippen molar-refractivity contribution in [1.29, 1.82) is 0 Å². The molecule has 0 aliphatic rings. The number of hydrogen-bond acceptors (Lipinski definition) is 3. The van der Waals surface area contributed by atoms with Gasteiger partial charge in [0.25, 0.3) is 0 Å². The summed E-state index contributed by atoms with van der Waals surface area (Å²) in [7, 11) is 0. The van der Waals surface area contributed by atoms with Gasteiger partial charge in [-0.05, 0) is 38.8 Å². The molecule has 1 aromatic rings. The number of rotatable bonds is 5. The highest BCUT2D eigenvalue weighted by atomic mass is 16.3. The molecule has 19 heavy (non-hydrogen) atoms. The van der Waals surface area contributed by atoms with Gasteiger partial charge in [0.2, 0.25) is 0 Å². The van der Waals surface area contributed by atoms with Gasteiger partial charge < -0.3 is 15.7 Å². The summed E-state index contributed by atoms with van der Waals surface area (Å²) in [6, 6.07) is 7.20. The second-order valence-corrected chi connectivity index (χ2v) is 4.57. The number of aliphatic hydroxyl groups excluding tert-OH is 1. The first-order chi connectivity index (χ1) is 8.99. The zero-order chi connectivity index (χ0) is 14.3. The first kappa shape index (κ1) is 15.2. The minimum Gasteiger partial charge on any atom is -0.393 e. The van der Waals surface area contributed by atoms with E-state index in [9.17, 15) is 9.59 Å². The monoisotopic (exact) mass is 264 g/mol. The Hall–Kier alpha value is -1.88. The standard InChI is InChI=1S/C14H20N2O3/c1-10-5-7-12(8-6-10)16-14(19)13(18)15-9-3-4-11(2)17/h5-8,11,17H,3-4,9H2,1-2H3,(H,15,18)(H,16,19). The molecule has 2 amide bonds. The van der Waals surface area contributed by atoms with E-state index in [-0.39, 0.29) is 0 Å². The summed E-state index contributed by atoms with van der Waals surface area (Å²) in [5.41, 5.74) is 1.68. The van der Waals surface area contributed by atoms with Crippen LogP contribution in [0.2, 0.25) is 0 Å². The van der Waals surface area contributed by atoms with E-state index in [2.05, 4.69) is 10.6 Å². The SMILES string of the molecule is Cc1ccc(NC(=O)C(=O)NCCCC(C)O)cc1. The van der Waals surface area contributed by atoms with Gasteiger partial charge in [0, 0.05) is 12.2 Å². The number of anilines is 1. The Kier molecular flexibility index (Phi) is 6.02. The highest BCUT2D eigenvalue weighted by Gasteiger charge is 2.12. The molecule has 0 aliphatic heterocycles. The molecule has 1 atom stereocenters. The van der Waals surface area contributed by atoms with Crippen LogP contribution in [0.15, 0.2) is 24.3 Å². The Labute approximate surface area is 113 Å². The number of hydrogen-bond donors (Lipinski definition) is 3. The Morgan fingerprint density at radius 3 is 2.42 bits per heavy atom. The predicted octanol–water partition coefficient (Wildman–Crippen LogP) is 1.21. The molecule has 0 aromatic heterocycles. The smallest absolute Gasteiger partial charge is 0.313 e. The van der Waals surface area contributed by atoms with Crippen molar-refractivity contribution in [1.82, 2.24) is 5.32 Å². The third-order valence-electron chi connectivity index (χ3n) is 2.60. The van der Waals surface area contributed by atoms with Crippen molar-refractivity contribution in [3.8, 4) is 0 Å². The molecule has 1 aromatic carbocycles. The Morgan fingerprint density at radius 1 is 1.21 bits per heavy atom. The maximum atomic E-state index is 11.6.